The minimum Gasteiger partial charge on any atom is -0.479 e. The molecule has 1 aliphatic carbocycles. The summed E-state index contributed by atoms with van der Waals surface area (Å²) in [6.07, 6.45) is 2.60. The molecule has 0 aliphatic heterocycles. The first-order valence-electron chi connectivity index (χ1n) is 5.65. The summed E-state index contributed by atoms with van der Waals surface area (Å²) < 4.78 is 5.20. The maximum Gasteiger partial charge on any atom is 0.174 e. The van der Waals surface area contributed by atoms with Crippen molar-refractivity contribution in [2.24, 2.45) is 0 Å². The lowest BCUT2D eigenvalue weighted by molar-refractivity contribution is 0.368. The van der Waals surface area contributed by atoms with Gasteiger partial charge in [0.25, 0.3) is 0 Å². The van der Waals surface area contributed by atoms with Gasteiger partial charge in [0.2, 0.25) is 0 Å². The van der Waals surface area contributed by atoms with Crippen LogP contribution in [0.1, 0.15) is 31.4 Å². The van der Waals surface area contributed by atoms with Gasteiger partial charge in [0.1, 0.15) is 11.8 Å². The highest BCUT2D eigenvalue weighted by Crippen LogP contribution is 2.24. The predicted molar refractivity (Wildman–Crippen MR) is 62.1 cm³/mol. The molecule has 1 saturated carbocycles. The van der Waals surface area contributed by atoms with Crippen LogP contribution in [0.3, 0.4) is 0 Å². The number of nitriles is 1. The first kappa shape index (κ1) is 11.0. The third-order valence-electron chi connectivity index (χ3n) is 2.75. The van der Waals surface area contributed by atoms with Crippen molar-refractivity contribution in [3.8, 4) is 11.8 Å². The molecule has 1 unspecified atom stereocenters. The SMILES string of the molecule is CC(NC1CC1)c1ccc(OCC#N)cc1. The molecule has 2 rings (SSSR count). The van der Waals surface area contributed by atoms with Crippen LogP contribution in [-0.4, -0.2) is 12.6 Å². The Morgan fingerprint density at radius 3 is 2.69 bits per heavy atom. The number of hydrogen-bond acceptors (Lipinski definition) is 3. The number of benzene rings is 1. The van der Waals surface area contributed by atoms with Gasteiger partial charge >= 0.3 is 0 Å². The highest BCUT2D eigenvalue weighted by molar-refractivity contribution is 5.29. The van der Waals surface area contributed by atoms with E-state index in [1.807, 2.05) is 30.3 Å². The van der Waals surface area contributed by atoms with Crippen molar-refractivity contribution in [3.05, 3.63) is 29.8 Å². The van der Waals surface area contributed by atoms with Crippen LogP contribution in [0, 0.1) is 11.3 Å². The highest BCUT2D eigenvalue weighted by Gasteiger charge is 2.23. The van der Waals surface area contributed by atoms with Gasteiger partial charge in [-0.1, -0.05) is 12.1 Å². The van der Waals surface area contributed by atoms with Crippen molar-refractivity contribution in [1.29, 1.82) is 5.26 Å². The molecule has 1 atom stereocenters. The van der Waals surface area contributed by atoms with Gasteiger partial charge < -0.3 is 10.1 Å². The van der Waals surface area contributed by atoms with E-state index in [1.54, 1.807) is 0 Å². The molecular formula is C13H16N2O. The molecule has 1 N–H and O–H groups in total. The zero-order valence-electron chi connectivity index (χ0n) is 9.44. The van der Waals surface area contributed by atoms with Gasteiger partial charge in [-0.25, -0.2) is 0 Å². The van der Waals surface area contributed by atoms with Gasteiger partial charge in [-0.3, -0.25) is 0 Å². The number of ether oxygens (including phenoxy) is 1. The summed E-state index contributed by atoms with van der Waals surface area (Å²) in [6.45, 7) is 2.28. The first-order chi connectivity index (χ1) is 7.79. The van der Waals surface area contributed by atoms with Crippen LogP contribution in [0.25, 0.3) is 0 Å². The molecule has 0 spiro atoms. The lowest BCUT2D eigenvalue weighted by Crippen LogP contribution is -2.20. The molecular weight excluding hydrogens is 200 g/mol. The first-order valence-corrected chi connectivity index (χ1v) is 5.65. The Morgan fingerprint density at radius 2 is 2.12 bits per heavy atom. The van der Waals surface area contributed by atoms with Crippen LogP contribution >= 0.6 is 0 Å². The third-order valence-corrected chi connectivity index (χ3v) is 2.75. The number of rotatable bonds is 5. The van der Waals surface area contributed by atoms with Gasteiger partial charge in [0.15, 0.2) is 6.61 Å². The molecule has 0 aromatic heterocycles. The Kier molecular flexibility index (Phi) is 3.43. The maximum absolute atomic E-state index is 8.39. The Labute approximate surface area is 96.0 Å². The van der Waals surface area contributed by atoms with Crippen molar-refractivity contribution in [3.63, 3.8) is 0 Å². The number of hydrogen-bond donors (Lipinski definition) is 1. The summed E-state index contributed by atoms with van der Waals surface area (Å²) in [7, 11) is 0. The van der Waals surface area contributed by atoms with Crippen molar-refractivity contribution in [2.75, 3.05) is 6.61 Å². The molecule has 0 saturated heterocycles. The van der Waals surface area contributed by atoms with Crippen molar-refractivity contribution in [2.45, 2.75) is 31.8 Å². The molecule has 0 bridgehead atoms. The van der Waals surface area contributed by atoms with E-state index in [2.05, 4.69) is 12.2 Å². The molecule has 1 fully saturated rings. The van der Waals surface area contributed by atoms with Crippen LogP contribution in [0.2, 0.25) is 0 Å². The van der Waals surface area contributed by atoms with Crippen LogP contribution in [0.5, 0.6) is 5.75 Å². The summed E-state index contributed by atoms with van der Waals surface area (Å²) in [5.41, 5.74) is 1.26. The van der Waals surface area contributed by atoms with E-state index in [9.17, 15) is 0 Å². The molecule has 3 heteroatoms. The molecule has 84 valence electrons. The van der Waals surface area contributed by atoms with Crippen molar-refractivity contribution in [1.82, 2.24) is 5.32 Å². The second kappa shape index (κ2) is 5.00. The zero-order chi connectivity index (χ0) is 11.4. The van der Waals surface area contributed by atoms with E-state index < -0.39 is 0 Å². The topological polar surface area (TPSA) is 45.0 Å². The fourth-order valence-corrected chi connectivity index (χ4v) is 1.67. The minimum absolute atomic E-state index is 0.106. The molecule has 3 nitrogen and oxygen atoms in total. The van der Waals surface area contributed by atoms with Gasteiger partial charge in [-0.2, -0.15) is 5.26 Å². The normalized spacial score (nSPS) is 16.5. The van der Waals surface area contributed by atoms with Crippen LogP contribution in [0.15, 0.2) is 24.3 Å². The second-order valence-electron chi connectivity index (χ2n) is 4.18. The van der Waals surface area contributed by atoms with Gasteiger partial charge in [-0.05, 0) is 37.5 Å². The smallest absolute Gasteiger partial charge is 0.174 e. The van der Waals surface area contributed by atoms with E-state index in [1.165, 1.54) is 18.4 Å². The molecule has 1 aromatic rings. The number of nitrogens with zero attached hydrogens (tertiary/aromatic N) is 1. The minimum atomic E-state index is 0.106. The van der Waals surface area contributed by atoms with Crippen molar-refractivity contribution < 1.29 is 4.74 Å². The fourth-order valence-electron chi connectivity index (χ4n) is 1.67. The zero-order valence-corrected chi connectivity index (χ0v) is 9.44. The monoisotopic (exact) mass is 216 g/mol. The fraction of sp³-hybridized carbons (Fsp3) is 0.462. The van der Waals surface area contributed by atoms with Crippen LogP contribution in [-0.2, 0) is 0 Å². The lowest BCUT2D eigenvalue weighted by atomic mass is 10.1. The Hall–Kier alpha value is -1.53. The Morgan fingerprint density at radius 1 is 1.44 bits per heavy atom. The summed E-state index contributed by atoms with van der Waals surface area (Å²) in [4.78, 5) is 0. The van der Waals surface area contributed by atoms with Crippen molar-refractivity contribution >= 4 is 0 Å². The Bertz CT molecular complexity index is 376. The largest absolute Gasteiger partial charge is 0.479 e. The second-order valence-corrected chi connectivity index (χ2v) is 4.18. The summed E-state index contributed by atoms with van der Waals surface area (Å²) >= 11 is 0. The maximum atomic E-state index is 8.39. The van der Waals surface area contributed by atoms with Crippen LogP contribution in [0.4, 0.5) is 0 Å². The van der Waals surface area contributed by atoms with Crippen LogP contribution < -0.4 is 10.1 Å². The van der Waals surface area contributed by atoms with Gasteiger partial charge in [-0.15, -0.1) is 0 Å². The lowest BCUT2D eigenvalue weighted by Gasteiger charge is -2.13. The predicted octanol–water partition coefficient (Wildman–Crippen LogP) is 2.40. The quantitative estimate of drug-likeness (QED) is 0.822. The van der Waals surface area contributed by atoms with E-state index >= 15 is 0 Å². The van der Waals surface area contributed by atoms with E-state index in [0.29, 0.717) is 12.1 Å². The van der Waals surface area contributed by atoms with E-state index in [0.717, 1.165) is 5.75 Å². The highest BCUT2D eigenvalue weighted by atomic mass is 16.5. The van der Waals surface area contributed by atoms with E-state index in [-0.39, 0.29) is 6.61 Å². The third kappa shape index (κ3) is 2.98. The van der Waals surface area contributed by atoms with Gasteiger partial charge in [0.05, 0.1) is 0 Å². The average Bonchev–Trinajstić information content (AvgIpc) is 3.11. The summed E-state index contributed by atoms with van der Waals surface area (Å²) in [5.74, 6) is 0.754. The molecule has 0 heterocycles. The van der Waals surface area contributed by atoms with Gasteiger partial charge in [0, 0.05) is 12.1 Å². The van der Waals surface area contributed by atoms with E-state index in [4.69, 9.17) is 10.00 Å². The molecule has 0 amide bonds. The standard InChI is InChI=1S/C13H16N2O/c1-10(15-12-4-5-12)11-2-6-13(7-3-11)16-9-8-14/h2-3,6-7,10,12,15H,4-5,9H2,1H3. The Balaban J connectivity index is 1.92. The number of nitrogens with one attached hydrogen (secondary N) is 1. The summed E-state index contributed by atoms with van der Waals surface area (Å²) in [6, 6.07) is 11.0. The molecule has 1 aromatic carbocycles. The molecule has 1 aliphatic rings. The molecule has 0 radical (unpaired) electrons. The average molecular weight is 216 g/mol. The summed E-state index contributed by atoms with van der Waals surface area (Å²) in [5, 5.41) is 11.9. The molecule has 16 heavy (non-hydrogen) atoms.